The molecule has 1 fully saturated rings. The molecular weight excluding hydrogens is 340 g/mol. The minimum atomic E-state index is 0.00885. The van der Waals surface area contributed by atoms with Crippen molar-refractivity contribution >= 4 is 11.8 Å². The summed E-state index contributed by atoms with van der Waals surface area (Å²) < 4.78 is 5.24. The van der Waals surface area contributed by atoms with Crippen LogP contribution < -0.4 is 5.32 Å². The zero-order valence-corrected chi connectivity index (χ0v) is 15.7. The third-order valence-electron chi connectivity index (χ3n) is 5.28. The van der Waals surface area contributed by atoms with Gasteiger partial charge in [-0.1, -0.05) is 30.3 Å². The van der Waals surface area contributed by atoms with Gasteiger partial charge >= 0.3 is 0 Å². The number of nitrogens with zero attached hydrogens (tertiary/aromatic N) is 3. The molecule has 0 bridgehead atoms. The zero-order chi connectivity index (χ0) is 18.8. The van der Waals surface area contributed by atoms with E-state index in [0.717, 1.165) is 29.9 Å². The van der Waals surface area contributed by atoms with E-state index in [1.165, 1.54) is 5.56 Å². The topological polar surface area (TPSA) is 66.8 Å². The van der Waals surface area contributed by atoms with E-state index in [4.69, 9.17) is 4.74 Å². The molecule has 0 unspecified atom stereocenters. The van der Waals surface area contributed by atoms with Crippen molar-refractivity contribution in [3.05, 3.63) is 65.0 Å². The summed E-state index contributed by atoms with van der Waals surface area (Å²) in [4.78, 5) is 23.7. The zero-order valence-electron chi connectivity index (χ0n) is 15.7. The Morgan fingerprint density at radius 3 is 2.89 bits per heavy atom. The van der Waals surface area contributed by atoms with Crippen LogP contribution in [0.4, 0.5) is 0 Å². The lowest BCUT2D eigenvalue weighted by atomic mass is 9.94. The van der Waals surface area contributed by atoms with Crippen molar-refractivity contribution in [2.45, 2.75) is 24.9 Å². The van der Waals surface area contributed by atoms with Crippen LogP contribution in [-0.4, -0.2) is 55.0 Å². The van der Waals surface area contributed by atoms with Gasteiger partial charge in [-0.15, -0.1) is 0 Å². The van der Waals surface area contributed by atoms with E-state index >= 15 is 0 Å². The first kappa shape index (κ1) is 17.7. The van der Waals surface area contributed by atoms with Gasteiger partial charge in [-0.2, -0.15) is 0 Å². The Morgan fingerprint density at radius 1 is 1.30 bits per heavy atom. The highest BCUT2D eigenvalue weighted by Gasteiger charge is 2.33. The maximum Gasteiger partial charge on any atom is 0.226 e. The van der Waals surface area contributed by atoms with Crippen LogP contribution in [0.15, 0.2) is 47.6 Å². The number of methoxy groups -OCH3 is 1. The van der Waals surface area contributed by atoms with Gasteiger partial charge in [-0.3, -0.25) is 9.78 Å². The summed E-state index contributed by atoms with van der Waals surface area (Å²) in [5, 5.41) is 3.22. The molecule has 6 nitrogen and oxygen atoms in total. The molecule has 1 N–H and O–H groups in total. The normalized spacial score (nSPS) is 21.6. The second kappa shape index (κ2) is 7.48. The van der Waals surface area contributed by atoms with Crippen LogP contribution in [0.3, 0.4) is 0 Å². The Bertz CT molecular complexity index is 866. The molecule has 27 heavy (non-hydrogen) atoms. The van der Waals surface area contributed by atoms with Crippen molar-refractivity contribution in [3.8, 4) is 0 Å². The van der Waals surface area contributed by atoms with Gasteiger partial charge in [0.05, 0.1) is 31.3 Å². The van der Waals surface area contributed by atoms with Crippen molar-refractivity contribution in [2.24, 2.45) is 4.99 Å². The first-order valence-corrected chi connectivity index (χ1v) is 9.23. The number of ether oxygens (including phenoxy) is 1. The number of aliphatic imine (C=N–C) groups is 1. The highest BCUT2D eigenvalue weighted by atomic mass is 16.5. The van der Waals surface area contributed by atoms with Crippen LogP contribution in [0.5, 0.6) is 0 Å². The molecule has 6 heteroatoms. The van der Waals surface area contributed by atoms with Crippen LogP contribution in [0.25, 0.3) is 0 Å². The fourth-order valence-electron chi connectivity index (χ4n) is 3.99. The smallest absolute Gasteiger partial charge is 0.226 e. The summed E-state index contributed by atoms with van der Waals surface area (Å²) in [7, 11) is 3.70. The van der Waals surface area contributed by atoms with E-state index in [1.807, 2.05) is 12.1 Å². The first-order valence-electron chi connectivity index (χ1n) is 9.23. The molecule has 2 aliphatic heterocycles. The van der Waals surface area contributed by atoms with Gasteiger partial charge in [0.25, 0.3) is 0 Å². The summed E-state index contributed by atoms with van der Waals surface area (Å²) in [6.45, 7) is 2.39. The maximum absolute atomic E-state index is 12.6. The lowest BCUT2D eigenvalue weighted by molar-refractivity contribution is -0.121. The van der Waals surface area contributed by atoms with E-state index < -0.39 is 0 Å². The lowest BCUT2D eigenvalue weighted by Gasteiger charge is -2.20. The molecule has 1 saturated heterocycles. The predicted octanol–water partition coefficient (Wildman–Crippen LogP) is 1.74. The Labute approximate surface area is 159 Å². The number of aromatic nitrogens is 1. The van der Waals surface area contributed by atoms with Crippen LogP contribution in [0.1, 0.15) is 28.3 Å². The monoisotopic (exact) mass is 364 g/mol. The number of hydrogen-bond donors (Lipinski definition) is 1. The molecule has 2 aromatic rings. The molecule has 0 radical (unpaired) electrons. The van der Waals surface area contributed by atoms with Crippen molar-refractivity contribution < 1.29 is 9.53 Å². The standard InChI is InChI=1S/C21H24N4O2/c1-25-12-18(14-6-4-3-5-7-14)19(13-25)24-20(26)9-16-8-15-10-23-21(27-2)17(15)11-22-16/h3-8,11,18-19H,9-10,12-13H2,1-2H3,(H,24,26)/t18-,19+/m0/s1. The minimum Gasteiger partial charge on any atom is -0.481 e. The average molecular weight is 364 g/mol. The molecule has 0 saturated carbocycles. The SMILES string of the molecule is COC1=NCc2cc(CC(=O)N[C@@H]3CN(C)C[C@H]3c3ccccc3)ncc21. The van der Waals surface area contributed by atoms with E-state index in [0.29, 0.717) is 18.4 Å². The molecule has 0 aliphatic carbocycles. The molecule has 140 valence electrons. The fraction of sp³-hybridized carbons (Fsp3) is 0.381. The molecule has 4 rings (SSSR count). The van der Waals surface area contributed by atoms with Crippen molar-refractivity contribution in [1.29, 1.82) is 0 Å². The fourth-order valence-corrected chi connectivity index (χ4v) is 3.99. The number of likely N-dealkylation sites (N-methyl/N-ethyl adjacent to an activating group) is 1. The lowest BCUT2D eigenvalue weighted by Crippen LogP contribution is -2.40. The van der Waals surface area contributed by atoms with E-state index in [-0.39, 0.29) is 18.4 Å². The summed E-state index contributed by atoms with van der Waals surface area (Å²) in [5.74, 6) is 0.938. The molecule has 1 aromatic heterocycles. The number of hydrogen-bond acceptors (Lipinski definition) is 5. The molecule has 3 heterocycles. The first-order chi connectivity index (χ1) is 13.1. The number of benzene rings is 1. The Hall–Kier alpha value is -2.73. The summed E-state index contributed by atoms with van der Waals surface area (Å²) in [6, 6.07) is 12.5. The number of carbonyl (C=O) groups is 1. The van der Waals surface area contributed by atoms with Gasteiger partial charge in [0.2, 0.25) is 11.8 Å². The molecule has 1 aromatic carbocycles. The number of rotatable bonds is 4. The van der Waals surface area contributed by atoms with Gasteiger partial charge in [0, 0.05) is 31.2 Å². The molecule has 1 amide bonds. The van der Waals surface area contributed by atoms with E-state index in [9.17, 15) is 4.79 Å². The Kier molecular flexibility index (Phi) is 4.90. The van der Waals surface area contributed by atoms with Crippen molar-refractivity contribution in [3.63, 3.8) is 0 Å². The number of likely N-dealkylation sites (tertiary alicyclic amines) is 1. The summed E-state index contributed by atoms with van der Waals surface area (Å²) in [5.41, 5.74) is 4.02. The number of amides is 1. The predicted molar refractivity (Wildman–Crippen MR) is 104 cm³/mol. The third-order valence-corrected chi connectivity index (χ3v) is 5.28. The minimum absolute atomic E-state index is 0.00885. The van der Waals surface area contributed by atoms with Gasteiger partial charge in [-0.25, -0.2) is 4.99 Å². The second-order valence-corrected chi connectivity index (χ2v) is 7.25. The van der Waals surface area contributed by atoms with Crippen molar-refractivity contribution in [1.82, 2.24) is 15.2 Å². The second-order valence-electron chi connectivity index (χ2n) is 7.25. The number of carbonyl (C=O) groups excluding carboxylic acids is 1. The van der Waals surface area contributed by atoms with E-state index in [1.54, 1.807) is 13.3 Å². The van der Waals surface area contributed by atoms with E-state index in [2.05, 4.69) is 51.5 Å². The van der Waals surface area contributed by atoms with Gasteiger partial charge in [0.1, 0.15) is 0 Å². The maximum atomic E-state index is 12.6. The average Bonchev–Trinajstić information content (AvgIpc) is 3.24. The quantitative estimate of drug-likeness (QED) is 0.898. The molecule has 2 atom stereocenters. The Balaban J connectivity index is 1.42. The van der Waals surface area contributed by atoms with Crippen LogP contribution >= 0.6 is 0 Å². The van der Waals surface area contributed by atoms with Crippen LogP contribution in [0, 0.1) is 0 Å². The number of fused-ring (bicyclic) bond motifs is 1. The third kappa shape index (κ3) is 3.71. The molecule has 2 aliphatic rings. The summed E-state index contributed by atoms with van der Waals surface area (Å²) >= 11 is 0. The van der Waals surface area contributed by atoms with Crippen LogP contribution in [-0.2, 0) is 22.5 Å². The summed E-state index contributed by atoms with van der Waals surface area (Å²) in [6.07, 6.45) is 2.03. The molecule has 0 spiro atoms. The number of pyridine rings is 1. The highest BCUT2D eigenvalue weighted by molar-refractivity contribution is 5.97. The molecular formula is C21H24N4O2. The van der Waals surface area contributed by atoms with Crippen molar-refractivity contribution in [2.75, 3.05) is 27.2 Å². The van der Waals surface area contributed by atoms with Crippen LogP contribution in [0.2, 0.25) is 0 Å². The van der Waals surface area contributed by atoms with Gasteiger partial charge in [-0.05, 0) is 24.2 Å². The van der Waals surface area contributed by atoms with Gasteiger partial charge in [0.15, 0.2) is 0 Å². The highest BCUT2D eigenvalue weighted by Crippen LogP contribution is 2.27. The largest absolute Gasteiger partial charge is 0.481 e. The Morgan fingerprint density at radius 2 is 2.11 bits per heavy atom. The number of nitrogens with one attached hydrogen (secondary N) is 1. The van der Waals surface area contributed by atoms with Gasteiger partial charge < -0.3 is 15.0 Å².